The summed E-state index contributed by atoms with van der Waals surface area (Å²) < 4.78 is 12.9. The van der Waals surface area contributed by atoms with Crippen molar-refractivity contribution in [1.82, 2.24) is 24.3 Å². The van der Waals surface area contributed by atoms with Gasteiger partial charge in [0.25, 0.3) is 0 Å². The van der Waals surface area contributed by atoms with Gasteiger partial charge in [-0.1, -0.05) is 11.6 Å². The van der Waals surface area contributed by atoms with Gasteiger partial charge < -0.3 is 38.6 Å². The van der Waals surface area contributed by atoms with Gasteiger partial charge in [0.2, 0.25) is 5.95 Å². The van der Waals surface area contributed by atoms with Crippen molar-refractivity contribution >= 4 is 40.7 Å². The Hall–Kier alpha value is -4.45. The number of piperidine rings is 1. The highest BCUT2D eigenvalue weighted by molar-refractivity contribution is 6.32. The van der Waals surface area contributed by atoms with Crippen molar-refractivity contribution in [3.63, 3.8) is 0 Å². The lowest BCUT2D eigenvalue weighted by Gasteiger charge is -2.37. The second-order valence-corrected chi connectivity index (χ2v) is 11.2. The van der Waals surface area contributed by atoms with E-state index in [2.05, 4.69) is 36.8 Å². The fraction of sp³-hybridized carbons (Fsp3) is 0.400. The number of aromatic nitrogens is 4. The first-order valence-electron chi connectivity index (χ1n) is 14.3. The fourth-order valence-electron chi connectivity index (χ4n) is 5.83. The highest BCUT2D eigenvalue weighted by Gasteiger charge is 2.26. The van der Waals surface area contributed by atoms with Gasteiger partial charge in [-0.05, 0) is 25.0 Å². The van der Waals surface area contributed by atoms with Gasteiger partial charge in [0, 0.05) is 88.1 Å². The Labute approximate surface area is 255 Å². The predicted octanol–water partition coefficient (Wildman–Crippen LogP) is 4.37. The SMILES string of the molecule is COc1cc(OC)c(-c2cn3ccc(N4CCN(c5ncc(N6CCC(N(C)C(=O)O)CC6)cn5)CC4)cc3n2)cc1Cl. The number of pyridine rings is 1. The number of ether oxygens (including phenoxy) is 2. The average Bonchev–Trinajstić information content (AvgIpc) is 3.48. The lowest BCUT2D eigenvalue weighted by molar-refractivity contribution is 0.131. The summed E-state index contributed by atoms with van der Waals surface area (Å²) in [5, 5.41) is 9.74. The number of amides is 1. The molecular formula is C30H35ClN8O4. The maximum absolute atomic E-state index is 11.3. The molecule has 0 bridgehead atoms. The molecule has 2 aliphatic heterocycles. The van der Waals surface area contributed by atoms with Crippen LogP contribution < -0.4 is 24.2 Å². The number of benzene rings is 1. The largest absolute Gasteiger partial charge is 0.496 e. The first-order valence-corrected chi connectivity index (χ1v) is 14.7. The van der Waals surface area contributed by atoms with Crippen LogP contribution in [-0.2, 0) is 0 Å². The topological polar surface area (TPSA) is 112 Å². The van der Waals surface area contributed by atoms with E-state index in [-0.39, 0.29) is 6.04 Å². The van der Waals surface area contributed by atoms with E-state index >= 15 is 0 Å². The van der Waals surface area contributed by atoms with Gasteiger partial charge in [0.1, 0.15) is 17.1 Å². The predicted molar refractivity (Wildman–Crippen MR) is 166 cm³/mol. The van der Waals surface area contributed by atoms with E-state index < -0.39 is 6.09 Å². The first-order chi connectivity index (χ1) is 20.8. The molecule has 6 rings (SSSR count). The number of hydrogen-bond donors (Lipinski definition) is 1. The van der Waals surface area contributed by atoms with Crippen molar-refractivity contribution < 1.29 is 19.4 Å². The molecule has 1 amide bonds. The molecule has 1 N–H and O–H groups in total. The molecule has 0 radical (unpaired) electrons. The minimum Gasteiger partial charge on any atom is -0.496 e. The normalized spacial score (nSPS) is 16.0. The standard InChI is InChI=1S/C30H35ClN8O4/c1-35(30(40)41)20-4-7-36(8-5-20)22-17-32-29(33-18-22)38-12-10-37(11-13-38)21-6-9-39-19-25(34-28(39)14-21)23-15-24(31)27(43-3)16-26(23)42-2/h6,9,14-20H,4-5,7-8,10-13H2,1-3H3,(H,40,41). The Morgan fingerprint density at radius 1 is 0.930 bits per heavy atom. The van der Waals surface area contributed by atoms with Gasteiger partial charge >= 0.3 is 6.09 Å². The Balaban J connectivity index is 1.08. The number of carboxylic acid groups (broad SMARTS) is 1. The average molecular weight is 607 g/mol. The van der Waals surface area contributed by atoms with Gasteiger partial charge in [-0.15, -0.1) is 0 Å². The molecule has 5 heterocycles. The van der Waals surface area contributed by atoms with Crippen LogP contribution in [0.3, 0.4) is 0 Å². The molecule has 0 spiro atoms. The highest BCUT2D eigenvalue weighted by Crippen LogP contribution is 2.38. The quantitative estimate of drug-likeness (QED) is 0.325. The van der Waals surface area contributed by atoms with E-state index in [4.69, 9.17) is 26.1 Å². The Morgan fingerprint density at radius 2 is 1.58 bits per heavy atom. The van der Waals surface area contributed by atoms with Crippen LogP contribution in [0.5, 0.6) is 11.5 Å². The molecule has 12 nitrogen and oxygen atoms in total. The van der Waals surface area contributed by atoms with Crippen molar-refractivity contribution in [2.75, 3.05) is 75.2 Å². The van der Waals surface area contributed by atoms with Crippen molar-refractivity contribution in [3.8, 4) is 22.8 Å². The van der Waals surface area contributed by atoms with E-state index in [1.165, 1.54) is 4.90 Å². The lowest BCUT2D eigenvalue weighted by atomic mass is 10.0. The zero-order valence-electron chi connectivity index (χ0n) is 24.5. The fourth-order valence-corrected chi connectivity index (χ4v) is 6.07. The maximum Gasteiger partial charge on any atom is 0.407 e. The molecule has 1 aromatic carbocycles. The molecule has 2 fully saturated rings. The number of nitrogens with zero attached hydrogens (tertiary/aromatic N) is 8. The number of fused-ring (bicyclic) bond motifs is 1. The van der Waals surface area contributed by atoms with E-state index in [0.717, 1.165) is 86.3 Å². The van der Waals surface area contributed by atoms with Crippen LogP contribution in [0.15, 0.2) is 49.1 Å². The van der Waals surface area contributed by atoms with Gasteiger partial charge in [-0.2, -0.15) is 0 Å². The number of anilines is 3. The van der Waals surface area contributed by atoms with Crippen LogP contribution in [0.25, 0.3) is 16.9 Å². The number of rotatable bonds is 7. The Morgan fingerprint density at radius 3 is 2.23 bits per heavy atom. The molecule has 226 valence electrons. The minimum absolute atomic E-state index is 0.0533. The van der Waals surface area contributed by atoms with E-state index in [1.54, 1.807) is 27.3 Å². The molecule has 0 atom stereocenters. The lowest BCUT2D eigenvalue weighted by Crippen LogP contribution is -2.47. The van der Waals surface area contributed by atoms with Crippen LogP contribution >= 0.6 is 11.6 Å². The maximum atomic E-state index is 11.3. The Kier molecular flexibility index (Phi) is 8.02. The van der Waals surface area contributed by atoms with E-state index in [9.17, 15) is 9.90 Å². The molecule has 4 aromatic rings. The third-order valence-corrected chi connectivity index (χ3v) is 8.72. The number of imidazole rings is 1. The summed E-state index contributed by atoms with van der Waals surface area (Å²) >= 11 is 6.40. The smallest absolute Gasteiger partial charge is 0.407 e. The summed E-state index contributed by atoms with van der Waals surface area (Å²) in [6.45, 7) is 4.85. The Bertz CT molecular complexity index is 1600. The molecule has 0 saturated carbocycles. The summed E-state index contributed by atoms with van der Waals surface area (Å²) in [6, 6.07) is 7.85. The molecule has 2 aliphatic rings. The molecule has 2 saturated heterocycles. The zero-order chi connectivity index (χ0) is 30.1. The summed E-state index contributed by atoms with van der Waals surface area (Å²) in [4.78, 5) is 33.7. The monoisotopic (exact) mass is 606 g/mol. The second kappa shape index (κ2) is 12.0. The number of piperazine rings is 1. The third-order valence-electron chi connectivity index (χ3n) is 8.42. The summed E-state index contributed by atoms with van der Waals surface area (Å²) in [5.41, 5.74) is 4.48. The third kappa shape index (κ3) is 5.79. The van der Waals surface area contributed by atoms with Crippen molar-refractivity contribution in [3.05, 3.63) is 54.1 Å². The van der Waals surface area contributed by atoms with E-state index in [1.807, 2.05) is 35.3 Å². The molecule has 3 aromatic heterocycles. The number of halogens is 1. The van der Waals surface area contributed by atoms with Crippen molar-refractivity contribution in [2.45, 2.75) is 18.9 Å². The van der Waals surface area contributed by atoms with Crippen LogP contribution in [0.2, 0.25) is 5.02 Å². The van der Waals surface area contributed by atoms with Gasteiger partial charge in [0.15, 0.2) is 0 Å². The second-order valence-electron chi connectivity index (χ2n) is 10.8. The van der Waals surface area contributed by atoms with Gasteiger partial charge in [-0.25, -0.2) is 19.7 Å². The summed E-state index contributed by atoms with van der Waals surface area (Å²) in [5.74, 6) is 1.92. The molecular weight excluding hydrogens is 572 g/mol. The van der Waals surface area contributed by atoms with Crippen molar-refractivity contribution in [1.29, 1.82) is 0 Å². The van der Waals surface area contributed by atoms with Crippen LogP contribution in [0.1, 0.15) is 12.8 Å². The molecule has 13 heteroatoms. The molecule has 0 aliphatic carbocycles. The number of methoxy groups -OCH3 is 2. The van der Waals surface area contributed by atoms with Crippen LogP contribution in [0.4, 0.5) is 22.1 Å². The van der Waals surface area contributed by atoms with Crippen LogP contribution in [0, 0.1) is 0 Å². The molecule has 0 unspecified atom stereocenters. The van der Waals surface area contributed by atoms with E-state index in [0.29, 0.717) is 16.5 Å². The number of carbonyl (C=O) groups is 1. The van der Waals surface area contributed by atoms with Crippen molar-refractivity contribution in [2.24, 2.45) is 0 Å². The van der Waals surface area contributed by atoms with Gasteiger partial charge in [-0.3, -0.25) is 0 Å². The van der Waals surface area contributed by atoms with Gasteiger partial charge in [0.05, 0.1) is 43.0 Å². The first kappa shape index (κ1) is 28.7. The summed E-state index contributed by atoms with van der Waals surface area (Å²) in [7, 11) is 4.84. The number of hydrogen-bond acceptors (Lipinski definition) is 9. The molecule has 43 heavy (non-hydrogen) atoms. The highest BCUT2D eigenvalue weighted by atomic mass is 35.5. The zero-order valence-corrected chi connectivity index (χ0v) is 25.2. The minimum atomic E-state index is -0.876. The summed E-state index contributed by atoms with van der Waals surface area (Å²) in [6.07, 6.45) is 8.46. The van der Waals surface area contributed by atoms with Crippen LogP contribution in [-0.4, -0.2) is 102 Å².